The molecule has 0 bridgehead atoms. The third-order valence-corrected chi connectivity index (χ3v) is 3.63. The average Bonchev–Trinajstić information content (AvgIpc) is 2.55. The number of hydrogen-bond donors (Lipinski definition) is 1. The third kappa shape index (κ3) is 3.06. The molecule has 3 rings (SSSR count). The fraction of sp³-hybridized carbons (Fsp3) is 0.158. The lowest BCUT2D eigenvalue weighted by atomic mass is 10.0. The molecule has 0 unspecified atom stereocenters. The summed E-state index contributed by atoms with van der Waals surface area (Å²) in [7, 11) is 0. The van der Waals surface area contributed by atoms with Crippen LogP contribution >= 0.6 is 0 Å². The summed E-state index contributed by atoms with van der Waals surface area (Å²) in [6.45, 7) is 1.20. The fourth-order valence-electron chi connectivity index (χ4n) is 2.59. The highest BCUT2D eigenvalue weighted by molar-refractivity contribution is 5.87. The molecular formula is C19H19NO. The van der Waals surface area contributed by atoms with E-state index in [1.54, 1.807) is 0 Å². The molecule has 0 heterocycles. The van der Waals surface area contributed by atoms with Gasteiger partial charge in [-0.1, -0.05) is 60.7 Å². The molecule has 3 aromatic rings. The van der Waals surface area contributed by atoms with Crippen molar-refractivity contribution in [2.24, 2.45) is 5.73 Å². The molecule has 0 amide bonds. The monoisotopic (exact) mass is 277 g/mol. The molecule has 2 nitrogen and oxygen atoms in total. The lowest BCUT2D eigenvalue weighted by Crippen LogP contribution is -2.06. The van der Waals surface area contributed by atoms with Gasteiger partial charge in [-0.2, -0.15) is 0 Å². The molecule has 0 aliphatic carbocycles. The summed E-state index contributed by atoms with van der Waals surface area (Å²) in [5.41, 5.74) is 8.14. The summed E-state index contributed by atoms with van der Waals surface area (Å²) in [6.07, 6.45) is 0.825. The van der Waals surface area contributed by atoms with Gasteiger partial charge in [0.2, 0.25) is 0 Å². The van der Waals surface area contributed by atoms with Gasteiger partial charge in [0.05, 0.1) is 0 Å². The Bertz CT molecular complexity index is 722. The van der Waals surface area contributed by atoms with Crippen molar-refractivity contribution >= 4 is 10.8 Å². The van der Waals surface area contributed by atoms with Gasteiger partial charge in [-0.25, -0.2) is 0 Å². The van der Waals surface area contributed by atoms with E-state index in [0.29, 0.717) is 13.2 Å². The van der Waals surface area contributed by atoms with Crippen LogP contribution in [0.4, 0.5) is 0 Å². The highest BCUT2D eigenvalue weighted by Crippen LogP contribution is 2.29. The van der Waals surface area contributed by atoms with Crippen LogP contribution < -0.4 is 10.5 Å². The predicted molar refractivity (Wildman–Crippen MR) is 87.5 cm³/mol. The van der Waals surface area contributed by atoms with Crippen LogP contribution in [0.3, 0.4) is 0 Å². The SMILES string of the molecule is NCCc1c(OCc2ccccc2)ccc2ccccc12. The van der Waals surface area contributed by atoms with Crippen LogP contribution in [-0.2, 0) is 13.0 Å². The normalized spacial score (nSPS) is 10.7. The van der Waals surface area contributed by atoms with Crippen LogP contribution in [0.1, 0.15) is 11.1 Å². The Morgan fingerprint density at radius 3 is 2.38 bits per heavy atom. The molecule has 0 aromatic heterocycles. The van der Waals surface area contributed by atoms with Crippen LogP contribution in [0.25, 0.3) is 10.8 Å². The maximum atomic E-state index is 6.03. The second kappa shape index (κ2) is 6.42. The van der Waals surface area contributed by atoms with Gasteiger partial charge in [-0.15, -0.1) is 0 Å². The van der Waals surface area contributed by atoms with E-state index in [9.17, 15) is 0 Å². The Morgan fingerprint density at radius 1 is 0.810 bits per heavy atom. The maximum Gasteiger partial charge on any atom is 0.123 e. The molecule has 0 radical (unpaired) electrons. The van der Waals surface area contributed by atoms with Crippen molar-refractivity contribution in [2.45, 2.75) is 13.0 Å². The Kier molecular flexibility index (Phi) is 4.17. The number of benzene rings is 3. The quantitative estimate of drug-likeness (QED) is 0.767. The Morgan fingerprint density at radius 2 is 1.57 bits per heavy atom. The second-order valence-electron chi connectivity index (χ2n) is 5.08. The molecule has 2 heteroatoms. The summed E-state index contributed by atoms with van der Waals surface area (Å²) in [6, 6.07) is 22.7. The minimum atomic E-state index is 0.580. The van der Waals surface area contributed by atoms with Crippen molar-refractivity contribution in [3.63, 3.8) is 0 Å². The first-order valence-corrected chi connectivity index (χ1v) is 7.26. The summed E-state index contributed by atoms with van der Waals surface area (Å²) >= 11 is 0. The van der Waals surface area contributed by atoms with Crippen molar-refractivity contribution in [3.8, 4) is 5.75 Å². The molecular weight excluding hydrogens is 258 g/mol. The molecule has 3 aromatic carbocycles. The molecule has 0 aliphatic heterocycles. The van der Waals surface area contributed by atoms with Gasteiger partial charge < -0.3 is 10.5 Å². The van der Waals surface area contributed by atoms with Crippen LogP contribution in [0.5, 0.6) is 5.75 Å². The number of fused-ring (bicyclic) bond motifs is 1. The largest absolute Gasteiger partial charge is 0.489 e. The summed E-state index contributed by atoms with van der Waals surface area (Å²) in [5, 5.41) is 2.46. The van der Waals surface area contributed by atoms with Gasteiger partial charge in [-0.05, 0) is 35.4 Å². The Labute approximate surface area is 125 Å². The predicted octanol–water partition coefficient (Wildman–Crippen LogP) is 3.92. The summed E-state index contributed by atoms with van der Waals surface area (Å²) < 4.78 is 6.03. The van der Waals surface area contributed by atoms with Crippen LogP contribution in [0.2, 0.25) is 0 Å². The number of rotatable bonds is 5. The van der Waals surface area contributed by atoms with E-state index in [0.717, 1.165) is 12.2 Å². The van der Waals surface area contributed by atoms with E-state index in [1.807, 2.05) is 18.2 Å². The number of hydrogen-bond acceptors (Lipinski definition) is 2. The molecule has 0 atom stereocenters. The van der Waals surface area contributed by atoms with Gasteiger partial charge in [0.25, 0.3) is 0 Å². The first kappa shape index (κ1) is 13.7. The molecule has 0 aliphatic rings. The topological polar surface area (TPSA) is 35.2 Å². The Balaban J connectivity index is 1.92. The van der Waals surface area contributed by atoms with Gasteiger partial charge >= 0.3 is 0 Å². The number of ether oxygens (including phenoxy) is 1. The van der Waals surface area contributed by atoms with Gasteiger partial charge in [0, 0.05) is 5.56 Å². The molecule has 106 valence electrons. The Hall–Kier alpha value is -2.32. The zero-order valence-electron chi connectivity index (χ0n) is 12.0. The minimum Gasteiger partial charge on any atom is -0.489 e. The molecule has 2 N–H and O–H groups in total. The summed E-state index contributed by atoms with van der Waals surface area (Å²) in [4.78, 5) is 0. The van der Waals surface area contributed by atoms with Gasteiger partial charge in [0.1, 0.15) is 12.4 Å². The van der Waals surface area contributed by atoms with Crippen molar-refractivity contribution in [1.82, 2.24) is 0 Å². The standard InChI is InChI=1S/C19H19NO/c20-13-12-18-17-9-5-4-8-16(17)10-11-19(18)21-14-15-6-2-1-3-7-15/h1-11H,12-14,20H2. The first-order valence-electron chi connectivity index (χ1n) is 7.26. The van der Waals surface area contributed by atoms with Crippen LogP contribution in [0, 0.1) is 0 Å². The second-order valence-corrected chi connectivity index (χ2v) is 5.08. The molecule has 0 saturated carbocycles. The highest BCUT2D eigenvalue weighted by atomic mass is 16.5. The maximum absolute atomic E-state index is 6.03. The van der Waals surface area contributed by atoms with Crippen molar-refractivity contribution < 1.29 is 4.74 Å². The van der Waals surface area contributed by atoms with Gasteiger partial charge in [-0.3, -0.25) is 0 Å². The smallest absolute Gasteiger partial charge is 0.123 e. The average molecular weight is 277 g/mol. The molecule has 21 heavy (non-hydrogen) atoms. The number of nitrogens with two attached hydrogens (primary N) is 1. The van der Waals surface area contributed by atoms with Crippen molar-refractivity contribution in [2.75, 3.05) is 6.54 Å². The van der Waals surface area contributed by atoms with E-state index in [2.05, 4.69) is 48.5 Å². The fourth-order valence-corrected chi connectivity index (χ4v) is 2.59. The third-order valence-electron chi connectivity index (χ3n) is 3.63. The van der Waals surface area contributed by atoms with Crippen molar-refractivity contribution in [1.29, 1.82) is 0 Å². The highest BCUT2D eigenvalue weighted by Gasteiger charge is 2.08. The molecule has 0 spiro atoms. The molecule has 0 saturated heterocycles. The van der Waals surface area contributed by atoms with Crippen molar-refractivity contribution in [3.05, 3.63) is 77.9 Å². The van der Waals surface area contributed by atoms with Crippen LogP contribution in [0.15, 0.2) is 66.7 Å². The van der Waals surface area contributed by atoms with E-state index in [4.69, 9.17) is 10.5 Å². The zero-order valence-corrected chi connectivity index (χ0v) is 12.0. The minimum absolute atomic E-state index is 0.580. The molecule has 0 fully saturated rings. The lowest BCUT2D eigenvalue weighted by Gasteiger charge is -2.14. The van der Waals surface area contributed by atoms with Gasteiger partial charge in [0.15, 0.2) is 0 Å². The lowest BCUT2D eigenvalue weighted by molar-refractivity contribution is 0.303. The summed E-state index contributed by atoms with van der Waals surface area (Å²) in [5.74, 6) is 0.933. The van der Waals surface area contributed by atoms with E-state index in [1.165, 1.54) is 21.9 Å². The van der Waals surface area contributed by atoms with E-state index < -0.39 is 0 Å². The van der Waals surface area contributed by atoms with Crippen LogP contribution in [-0.4, -0.2) is 6.54 Å². The first-order chi connectivity index (χ1) is 10.4. The zero-order chi connectivity index (χ0) is 14.5. The van der Waals surface area contributed by atoms with E-state index in [-0.39, 0.29) is 0 Å². The van der Waals surface area contributed by atoms with E-state index >= 15 is 0 Å².